The SMILES string of the molecule is Nc1ncc(C(O)c2ccccc2)[nH]1. The number of aliphatic hydroxyl groups is 1. The van der Waals surface area contributed by atoms with Crippen molar-refractivity contribution in [3.8, 4) is 0 Å². The van der Waals surface area contributed by atoms with Gasteiger partial charge >= 0.3 is 0 Å². The third-order valence-electron chi connectivity index (χ3n) is 2.03. The summed E-state index contributed by atoms with van der Waals surface area (Å²) in [7, 11) is 0. The van der Waals surface area contributed by atoms with Gasteiger partial charge in [-0.25, -0.2) is 4.98 Å². The number of anilines is 1. The van der Waals surface area contributed by atoms with Crippen molar-refractivity contribution in [2.75, 3.05) is 5.73 Å². The molecule has 4 nitrogen and oxygen atoms in total. The van der Waals surface area contributed by atoms with Gasteiger partial charge in [0.05, 0.1) is 11.9 Å². The Morgan fingerprint density at radius 1 is 1.29 bits per heavy atom. The molecule has 0 saturated heterocycles. The topological polar surface area (TPSA) is 74.9 Å². The quantitative estimate of drug-likeness (QED) is 0.661. The lowest BCUT2D eigenvalue weighted by atomic mass is 10.1. The summed E-state index contributed by atoms with van der Waals surface area (Å²) in [5, 5.41) is 9.88. The number of aromatic amines is 1. The van der Waals surface area contributed by atoms with Crippen molar-refractivity contribution < 1.29 is 5.11 Å². The lowest BCUT2D eigenvalue weighted by Crippen LogP contribution is -1.99. The first-order valence-corrected chi connectivity index (χ1v) is 4.31. The largest absolute Gasteiger partial charge is 0.382 e. The van der Waals surface area contributed by atoms with Crippen molar-refractivity contribution >= 4 is 5.95 Å². The number of aliphatic hydroxyl groups excluding tert-OH is 1. The molecule has 0 radical (unpaired) electrons. The van der Waals surface area contributed by atoms with E-state index in [0.29, 0.717) is 11.6 Å². The van der Waals surface area contributed by atoms with Gasteiger partial charge in [0.2, 0.25) is 0 Å². The summed E-state index contributed by atoms with van der Waals surface area (Å²) in [6.07, 6.45) is 0.841. The number of nitrogens with two attached hydrogens (primary N) is 1. The van der Waals surface area contributed by atoms with Crippen LogP contribution >= 0.6 is 0 Å². The average Bonchev–Trinajstić information content (AvgIpc) is 2.65. The Morgan fingerprint density at radius 2 is 2.00 bits per heavy atom. The third-order valence-corrected chi connectivity index (χ3v) is 2.03. The Bertz CT molecular complexity index is 410. The molecule has 4 heteroatoms. The number of rotatable bonds is 2. The first-order valence-electron chi connectivity index (χ1n) is 4.31. The van der Waals surface area contributed by atoms with Gasteiger partial charge in [-0.15, -0.1) is 0 Å². The van der Waals surface area contributed by atoms with Crippen LogP contribution in [0, 0.1) is 0 Å². The highest BCUT2D eigenvalue weighted by molar-refractivity contribution is 5.28. The van der Waals surface area contributed by atoms with E-state index in [-0.39, 0.29) is 0 Å². The fraction of sp³-hybridized carbons (Fsp3) is 0.100. The van der Waals surface area contributed by atoms with E-state index < -0.39 is 6.10 Å². The average molecular weight is 189 g/mol. The minimum Gasteiger partial charge on any atom is -0.382 e. The molecule has 1 heterocycles. The van der Waals surface area contributed by atoms with E-state index in [9.17, 15) is 5.11 Å². The van der Waals surface area contributed by atoms with Gasteiger partial charge < -0.3 is 15.8 Å². The molecule has 0 bridgehead atoms. The number of nitrogens with one attached hydrogen (secondary N) is 1. The van der Waals surface area contributed by atoms with E-state index in [0.717, 1.165) is 5.56 Å². The third kappa shape index (κ3) is 1.60. The van der Waals surface area contributed by atoms with Crippen LogP contribution in [-0.2, 0) is 0 Å². The standard InChI is InChI=1S/C10H11N3O/c11-10-12-6-8(13-10)9(14)7-4-2-1-3-5-7/h1-6,9,14H,(H3,11,12,13). The molecule has 2 rings (SSSR count). The number of aromatic nitrogens is 2. The lowest BCUT2D eigenvalue weighted by Gasteiger charge is -2.07. The number of H-pyrrole nitrogens is 1. The van der Waals surface area contributed by atoms with Crippen LogP contribution in [0.4, 0.5) is 5.95 Å². The highest BCUT2D eigenvalue weighted by Crippen LogP contribution is 2.19. The van der Waals surface area contributed by atoms with Crippen LogP contribution in [0.1, 0.15) is 17.4 Å². The maximum atomic E-state index is 9.88. The summed E-state index contributed by atoms with van der Waals surface area (Å²) < 4.78 is 0. The van der Waals surface area contributed by atoms with Crippen LogP contribution in [-0.4, -0.2) is 15.1 Å². The Morgan fingerprint density at radius 3 is 2.57 bits per heavy atom. The summed E-state index contributed by atoms with van der Waals surface area (Å²) in [6, 6.07) is 9.34. The first-order chi connectivity index (χ1) is 6.77. The number of benzene rings is 1. The predicted octanol–water partition coefficient (Wildman–Crippen LogP) is 1.07. The van der Waals surface area contributed by atoms with E-state index in [2.05, 4.69) is 9.97 Å². The normalized spacial score (nSPS) is 12.6. The van der Waals surface area contributed by atoms with Gasteiger partial charge in [-0.2, -0.15) is 0 Å². The molecule has 0 amide bonds. The highest BCUT2D eigenvalue weighted by Gasteiger charge is 2.11. The van der Waals surface area contributed by atoms with E-state index in [1.165, 1.54) is 6.20 Å². The molecule has 1 atom stereocenters. The molecule has 0 aliphatic carbocycles. The molecule has 1 aromatic heterocycles. The smallest absolute Gasteiger partial charge is 0.197 e. The van der Waals surface area contributed by atoms with E-state index in [4.69, 9.17) is 5.73 Å². The Balaban J connectivity index is 2.29. The molecule has 1 unspecified atom stereocenters. The minimum atomic E-state index is -0.694. The van der Waals surface area contributed by atoms with Crippen molar-refractivity contribution in [1.82, 2.24) is 9.97 Å². The number of hydrogen-bond donors (Lipinski definition) is 3. The van der Waals surface area contributed by atoms with Gasteiger partial charge in [0.15, 0.2) is 5.95 Å². The summed E-state index contributed by atoms with van der Waals surface area (Å²) >= 11 is 0. The van der Waals surface area contributed by atoms with Gasteiger partial charge in [0.1, 0.15) is 6.10 Å². The van der Waals surface area contributed by atoms with Gasteiger partial charge in [-0.3, -0.25) is 0 Å². The molecule has 0 saturated carbocycles. The van der Waals surface area contributed by atoms with Gasteiger partial charge in [0, 0.05) is 0 Å². The second-order valence-electron chi connectivity index (χ2n) is 3.04. The molecular formula is C10H11N3O. The number of imidazole rings is 1. The number of hydrogen-bond acceptors (Lipinski definition) is 3. The van der Waals surface area contributed by atoms with Crippen LogP contribution in [0.25, 0.3) is 0 Å². The van der Waals surface area contributed by atoms with Crippen molar-refractivity contribution in [3.63, 3.8) is 0 Å². The molecule has 4 N–H and O–H groups in total. The molecule has 0 aliphatic heterocycles. The van der Waals surface area contributed by atoms with Crippen LogP contribution in [0.2, 0.25) is 0 Å². The molecule has 0 aliphatic rings. The molecular weight excluding hydrogens is 178 g/mol. The maximum absolute atomic E-state index is 9.88. The predicted molar refractivity (Wildman–Crippen MR) is 53.5 cm³/mol. The first kappa shape index (κ1) is 8.77. The van der Waals surface area contributed by atoms with Crippen molar-refractivity contribution in [2.24, 2.45) is 0 Å². The van der Waals surface area contributed by atoms with E-state index >= 15 is 0 Å². The number of nitrogens with zero attached hydrogens (tertiary/aromatic N) is 1. The highest BCUT2D eigenvalue weighted by atomic mass is 16.3. The Kier molecular flexibility index (Phi) is 2.20. The molecule has 0 fully saturated rings. The van der Waals surface area contributed by atoms with Crippen molar-refractivity contribution in [2.45, 2.75) is 6.10 Å². The van der Waals surface area contributed by atoms with E-state index in [1.807, 2.05) is 30.3 Å². The van der Waals surface area contributed by atoms with Gasteiger partial charge in [-0.1, -0.05) is 30.3 Å². The zero-order valence-electron chi connectivity index (χ0n) is 7.51. The summed E-state index contributed by atoms with van der Waals surface area (Å²) in [4.78, 5) is 6.62. The fourth-order valence-corrected chi connectivity index (χ4v) is 1.31. The summed E-state index contributed by atoms with van der Waals surface area (Å²) in [5.74, 6) is 0.315. The van der Waals surface area contributed by atoms with E-state index in [1.54, 1.807) is 0 Å². The molecule has 14 heavy (non-hydrogen) atoms. The zero-order chi connectivity index (χ0) is 9.97. The maximum Gasteiger partial charge on any atom is 0.197 e. The zero-order valence-corrected chi connectivity index (χ0v) is 7.51. The Hall–Kier alpha value is -1.81. The molecule has 1 aromatic carbocycles. The van der Waals surface area contributed by atoms with Crippen molar-refractivity contribution in [1.29, 1.82) is 0 Å². The molecule has 72 valence electrons. The van der Waals surface area contributed by atoms with Gasteiger partial charge in [-0.05, 0) is 5.56 Å². The van der Waals surface area contributed by atoms with Crippen LogP contribution in [0.3, 0.4) is 0 Å². The van der Waals surface area contributed by atoms with Crippen LogP contribution in [0.5, 0.6) is 0 Å². The second kappa shape index (κ2) is 3.51. The Labute approximate surface area is 81.4 Å². The van der Waals surface area contributed by atoms with Crippen LogP contribution < -0.4 is 5.73 Å². The fourth-order valence-electron chi connectivity index (χ4n) is 1.31. The monoisotopic (exact) mass is 189 g/mol. The molecule has 2 aromatic rings. The van der Waals surface area contributed by atoms with Gasteiger partial charge in [0.25, 0.3) is 0 Å². The van der Waals surface area contributed by atoms with Crippen LogP contribution in [0.15, 0.2) is 36.5 Å². The number of nitrogen functional groups attached to an aromatic ring is 1. The summed E-state index contributed by atoms with van der Waals surface area (Å²) in [5.41, 5.74) is 6.84. The summed E-state index contributed by atoms with van der Waals surface area (Å²) in [6.45, 7) is 0. The van der Waals surface area contributed by atoms with Crippen molar-refractivity contribution in [3.05, 3.63) is 47.8 Å². The lowest BCUT2D eigenvalue weighted by molar-refractivity contribution is 0.216. The molecule has 0 spiro atoms. The second-order valence-corrected chi connectivity index (χ2v) is 3.04. The minimum absolute atomic E-state index is 0.315.